The molecule has 2 rings (SSSR count). The summed E-state index contributed by atoms with van der Waals surface area (Å²) in [5, 5.41) is 0. The molecule has 1 saturated carbocycles. The van der Waals surface area contributed by atoms with Crippen LogP contribution in [0.15, 0.2) is 22.7 Å². The van der Waals surface area contributed by atoms with Crippen LogP contribution >= 0.6 is 15.9 Å². The van der Waals surface area contributed by atoms with Gasteiger partial charge in [0.15, 0.2) is 0 Å². The van der Waals surface area contributed by atoms with Gasteiger partial charge in [-0.3, -0.25) is 9.59 Å². The van der Waals surface area contributed by atoms with Crippen molar-refractivity contribution in [1.82, 2.24) is 4.90 Å². The highest BCUT2D eigenvalue weighted by molar-refractivity contribution is 9.10. The van der Waals surface area contributed by atoms with E-state index < -0.39 is 0 Å². The maximum absolute atomic E-state index is 12.5. The summed E-state index contributed by atoms with van der Waals surface area (Å²) in [6.07, 6.45) is 1.84. The van der Waals surface area contributed by atoms with Crippen molar-refractivity contribution < 1.29 is 14.3 Å². The number of nitrogen functional groups attached to an aromatic ring is 1. The number of halogens is 1. The van der Waals surface area contributed by atoms with Crippen molar-refractivity contribution in [2.24, 2.45) is 0 Å². The Hall–Kier alpha value is -1.56. The summed E-state index contributed by atoms with van der Waals surface area (Å²) in [5.41, 5.74) is 6.70. The molecule has 0 aromatic heterocycles. The fraction of sp³-hybridized carbons (Fsp3) is 0.429. The third-order valence-electron chi connectivity index (χ3n) is 3.10. The van der Waals surface area contributed by atoms with E-state index in [0.717, 1.165) is 17.3 Å². The van der Waals surface area contributed by atoms with E-state index in [9.17, 15) is 9.59 Å². The summed E-state index contributed by atoms with van der Waals surface area (Å²) in [6.45, 7) is 2.03. The first kappa shape index (κ1) is 14.8. The number of hydrogen-bond donors (Lipinski definition) is 1. The van der Waals surface area contributed by atoms with Crippen LogP contribution in [0.5, 0.6) is 0 Å². The highest BCUT2D eigenvalue weighted by Gasteiger charge is 2.35. The van der Waals surface area contributed by atoms with Gasteiger partial charge in [0.2, 0.25) is 0 Å². The van der Waals surface area contributed by atoms with Crippen molar-refractivity contribution in [3.63, 3.8) is 0 Å². The van der Waals surface area contributed by atoms with Gasteiger partial charge in [0.25, 0.3) is 5.91 Å². The van der Waals surface area contributed by atoms with Crippen molar-refractivity contribution in [1.29, 1.82) is 0 Å². The Bertz CT molecular complexity index is 529. The van der Waals surface area contributed by atoms with Crippen LogP contribution in [0.3, 0.4) is 0 Å². The summed E-state index contributed by atoms with van der Waals surface area (Å²) < 4.78 is 5.73. The molecule has 5 nitrogen and oxygen atoms in total. The van der Waals surface area contributed by atoms with Crippen LogP contribution in [0, 0.1) is 0 Å². The minimum Gasteiger partial charge on any atom is -0.465 e. The number of anilines is 1. The average Bonchev–Trinajstić information content (AvgIpc) is 3.20. The van der Waals surface area contributed by atoms with Crippen LogP contribution in [0.25, 0.3) is 0 Å². The molecule has 1 aliphatic carbocycles. The molecule has 20 heavy (non-hydrogen) atoms. The summed E-state index contributed by atoms with van der Waals surface area (Å²) in [4.78, 5) is 25.7. The predicted molar refractivity (Wildman–Crippen MR) is 79.2 cm³/mol. The molecule has 0 unspecified atom stereocenters. The van der Waals surface area contributed by atoms with Gasteiger partial charge in [0.1, 0.15) is 6.54 Å². The van der Waals surface area contributed by atoms with Gasteiger partial charge in [0, 0.05) is 16.2 Å². The Labute approximate surface area is 126 Å². The molecule has 0 saturated heterocycles. The number of esters is 1. The maximum atomic E-state index is 12.5. The fourth-order valence-corrected chi connectivity index (χ4v) is 2.36. The van der Waals surface area contributed by atoms with Crippen molar-refractivity contribution in [2.75, 3.05) is 18.9 Å². The van der Waals surface area contributed by atoms with Crippen molar-refractivity contribution >= 4 is 33.5 Å². The number of rotatable bonds is 5. The maximum Gasteiger partial charge on any atom is 0.325 e. The minimum absolute atomic E-state index is 0.0210. The molecule has 1 amide bonds. The van der Waals surface area contributed by atoms with Crippen LogP contribution < -0.4 is 5.73 Å². The second-order valence-electron chi connectivity index (χ2n) is 4.70. The Morgan fingerprint density at radius 3 is 2.70 bits per heavy atom. The quantitative estimate of drug-likeness (QED) is 0.658. The lowest BCUT2D eigenvalue weighted by molar-refractivity contribution is -0.144. The van der Waals surface area contributed by atoms with Crippen molar-refractivity contribution in [3.8, 4) is 0 Å². The SMILES string of the molecule is CCOC(=O)CN(C(=O)c1ccc(Br)cc1N)C1CC1. The van der Waals surface area contributed by atoms with E-state index in [-0.39, 0.29) is 24.5 Å². The minimum atomic E-state index is -0.386. The van der Waals surface area contributed by atoms with Crippen LogP contribution in [-0.2, 0) is 9.53 Å². The third-order valence-corrected chi connectivity index (χ3v) is 3.59. The Morgan fingerprint density at radius 1 is 1.45 bits per heavy atom. The smallest absolute Gasteiger partial charge is 0.325 e. The standard InChI is InChI=1S/C14H17BrN2O3/c1-2-20-13(18)8-17(10-4-5-10)14(19)11-6-3-9(15)7-12(11)16/h3,6-7,10H,2,4-5,8,16H2,1H3. The van der Waals surface area contributed by atoms with E-state index in [1.165, 1.54) is 0 Å². The summed E-state index contributed by atoms with van der Waals surface area (Å²) in [6, 6.07) is 5.24. The molecule has 6 heteroatoms. The van der Waals surface area contributed by atoms with E-state index in [1.807, 2.05) is 0 Å². The molecule has 0 aliphatic heterocycles. The fourth-order valence-electron chi connectivity index (χ4n) is 1.98. The van der Waals surface area contributed by atoms with E-state index in [2.05, 4.69) is 15.9 Å². The molecule has 0 atom stereocenters. The summed E-state index contributed by atoms with van der Waals surface area (Å²) >= 11 is 3.31. The summed E-state index contributed by atoms with van der Waals surface area (Å²) in [5.74, 6) is -0.603. The van der Waals surface area contributed by atoms with Crippen molar-refractivity contribution in [3.05, 3.63) is 28.2 Å². The van der Waals surface area contributed by atoms with Crippen LogP contribution in [0.2, 0.25) is 0 Å². The van der Waals surface area contributed by atoms with Gasteiger partial charge in [-0.15, -0.1) is 0 Å². The second kappa shape index (κ2) is 6.26. The van der Waals surface area contributed by atoms with Gasteiger partial charge in [-0.2, -0.15) is 0 Å². The normalized spacial score (nSPS) is 13.9. The molecule has 1 aliphatic rings. The molecule has 0 radical (unpaired) electrons. The zero-order chi connectivity index (χ0) is 14.7. The van der Waals surface area contributed by atoms with Gasteiger partial charge in [-0.1, -0.05) is 15.9 Å². The average molecular weight is 341 g/mol. The first-order chi connectivity index (χ1) is 9.52. The molecule has 1 aromatic carbocycles. The first-order valence-corrected chi connectivity index (χ1v) is 7.33. The molecular weight excluding hydrogens is 324 g/mol. The third kappa shape index (κ3) is 3.50. The molecule has 108 valence electrons. The summed E-state index contributed by atoms with van der Waals surface area (Å²) in [7, 11) is 0. The van der Waals surface area contributed by atoms with Gasteiger partial charge < -0.3 is 15.4 Å². The molecular formula is C14H17BrN2O3. The second-order valence-corrected chi connectivity index (χ2v) is 5.62. The Kier molecular flexibility index (Phi) is 4.65. The molecule has 0 bridgehead atoms. The molecule has 1 fully saturated rings. The Morgan fingerprint density at radius 2 is 2.15 bits per heavy atom. The zero-order valence-electron chi connectivity index (χ0n) is 11.3. The lowest BCUT2D eigenvalue weighted by atomic mass is 10.1. The van der Waals surface area contributed by atoms with Gasteiger partial charge in [-0.05, 0) is 38.0 Å². The van der Waals surface area contributed by atoms with Gasteiger partial charge >= 0.3 is 5.97 Å². The number of nitrogens with two attached hydrogens (primary N) is 1. The molecule has 1 aromatic rings. The van der Waals surface area contributed by atoms with E-state index in [0.29, 0.717) is 17.9 Å². The largest absolute Gasteiger partial charge is 0.465 e. The number of carbonyl (C=O) groups excluding carboxylic acids is 2. The number of benzene rings is 1. The van der Waals surface area contributed by atoms with Gasteiger partial charge in [-0.25, -0.2) is 0 Å². The van der Waals surface area contributed by atoms with Gasteiger partial charge in [0.05, 0.1) is 12.2 Å². The highest BCUT2D eigenvalue weighted by Crippen LogP contribution is 2.29. The molecule has 2 N–H and O–H groups in total. The number of nitrogens with zero attached hydrogens (tertiary/aromatic N) is 1. The molecule has 0 spiro atoms. The first-order valence-electron chi connectivity index (χ1n) is 6.54. The predicted octanol–water partition coefficient (Wildman–Crippen LogP) is 2.20. The van der Waals surface area contributed by atoms with Crippen LogP contribution in [-0.4, -0.2) is 36.0 Å². The number of amides is 1. The number of hydrogen-bond acceptors (Lipinski definition) is 4. The molecule has 0 heterocycles. The lowest BCUT2D eigenvalue weighted by Gasteiger charge is -2.22. The Balaban J connectivity index is 2.16. The lowest BCUT2D eigenvalue weighted by Crippen LogP contribution is -2.38. The van der Waals surface area contributed by atoms with Crippen LogP contribution in [0.4, 0.5) is 5.69 Å². The number of ether oxygens (including phenoxy) is 1. The monoisotopic (exact) mass is 340 g/mol. The topological polar surface area (TPSA) is 72.6 Å². The van der Waals surface area contributed by atoms with E-state index in [1.54, 1.807) is 30.0 Å². The number of carbonyl (C=O) groups is 2. The zero-order valence-corrected chi connectivity index (χ0v) is 12.9. The van der Waals surface area contributed by atoms with E-state index in [4.69, 9.17) is 10.5 Å². The van der Waals surface area contributed by atoms with Crippen molar-refractivity contribution in [2.45, 2.75) is 25.8 Å². The van der Waals surface area contributed by atoms with Crippen LogP contribution in [0.1, 0.15) is 30.1 Å². The van der Waals surface area contributed by atoms with E-state index >= 15 is 0 Å². The highest BCUT2D eigenvalue weighted by atomic mass is 79.9.